The molecule has 184 valence electrons. The van der Waals surface area contributed by atoms with Crippen LogP contribution in [0.1, 0.15) is 0 Å². The zero-order valence-electron chi connectivity index (χ0n) is 20.8. The van der Waals surface area contributed by atoms with Gasteiger partial charge in [-0.05, 0) is 54.6 Å². The van der Waals surface area contributed by atoms with E-state index < -0.39 is 0 Å². The molecule has 0 aliphatic rings. The van der Waals surface area contributed by atoms with Crippen molar-refractivity contribution in [2.45, 2.75) is 0 Å². The second-order valence-electron chi connectivity index (χ2n) is 9.44. The number of thiazole rings is 1. The number of rotatable bonds is 4. The normalized spacial score (nSPS) is 11.6. The average Bonchev–Trinajstić information content (AvgIpc) is 3.75. The highest BCUT2D eigenvalue weighted by molar-refractivity contribution is 7.21. The first kappa shape index (κ1) is 22.0. The Morgan fingerprint density at radius 2 is 1.46 bits per heavy atom. The van der Waals surface area contributed by atoms with E-state index in [0.29, 0.717) is 0 Å². The van der Waals surface area contributed by atoms with Crippen LogP contribution in [0.25, 0.3) is 65.2 Å². The fourth-order valence-electron chi connectivity index (χ4n) is 5.36. The molecule has 0 aliphatic carbocycles. The molecular formula is C33H21N5S. The predicted molar refractivity (Wildman–Crippen MR) is 160 cm³/mol. The third kappa shape index (κ3) is 3.57. The minimum Gasteiger partial charge on any atom is -0.307 e. The van der Waals surface area contributed by atoms with Gasteiger partial charge in [0.05, 0.1) is 38.3 Å². The van der Waals surface area contributed by atoms with Crippen LogP contribution in [0.3, 0.4) is 0 Å². The lowest BCUT2D eigenvalue weighted by Crippen LogP contribution is -2.04. The van der Waals surface area contributed by atoms with Gasteiger partial charge >= 0.3 is 0 Å². The second kappa shape index (κ2) is 8.75. The summed E-state index contributed by atoms with van der Waals surface area (Å²) < 4.78 is 5.47. The Morgan fingerprint density at radius 1 is 0.615 bits per heavy atom. The Labute approximate surface area is 228 Å². The first-order valence-corrected chi connectivity index (χ1v) is 13.6. The van der Waals surface area contributed by atoms with Crippen LogP contribution in [0.4, 0.5) is 0 Å². The Bertz CT molecular complexity index is 2090. The van der Waals surface area contributed by atoms with Crippen molar-refractivity contribution in [2.75, 3.05) is 0 Å². The molecule has 4 aromatic carbocycles. The SMILES string of the molecule is c1ccc(-c2ccc(-n3cccn3)c(-n3c4ccccc4c4ccc(-c5nc6ccccc6s5)cc43)c2)nc1. The summed E-state index contributed by atoms with van der Waals surface area (Å²) in [6, 6.07) is 38.0. The molecule has 8 aromatic rings. The maximum absolute atomic E-state index is 4.94. The van der Waals surface area contributed by atoms with Crippen LogP contribution >= 0.6 is 11.3 Å². The molecule has 0 N–H and O–H groups in total. The zero-order chi connectivity index (χ0) is 25.8. The first-order chi connectivity index (χ1) is 19.3. The van der Waals surface area contributed by atoms with Crippen molar-refractivity contribution in [2.24, 2.45) is 0 Å². The number of fused-ring (bicyclic) bond motifs is 4. The molecule has 8 rings (SSSR count). The van der Waals surface area contributed by atoms with E-state index in [1.165, 1.54) is 15.5 Å². The molecule has 0 radical (unpaired) electrons. The van der Waals surface area contributed by atoms with Crippen LogP contribution in [0.5, 0.6) is 0 Å². The summed E-state index contributed by atoms with van der Waals surface area (Å²) >= 11 is 1.73. The van der Waals surface area contributed by atoms with Gasteiger partial charge in [-0.2, -0.15) is 5.10 Å². The van der Waals surface area contributed by atoms with Gasteiger partial charge < -0.3 is 4.57 Å². The van der Waals surface area contributed by atoms with E-state index in [0.717, 1.165) is 49.8 Å². The van der Waals surface area contributed by atoms with E-state index in [2.05, 4.69) is 93.5 Å². The van der Waals surface area contributed by atoms with Crippen molar-refractivity contribution >= 4 is 43.4 Å². The van der Waals surface area contributed by atoms with Gasteiger partial charge in [-0.1, -0.05) is 54.6 Å². The topological polar surface area (TPSA) is 48.5 Å². The Balaban J connectivity index is 1.44. The summed E-state index contributed by atoms with van der Waals surface area (Å²) in [5, 5.41) is 8.01. The monoisotopic (exact) mass is 519 g/mol. The molecule has 0 saturated carbocycles. The standard InChI is InChI=1S/C33H21N5S/c1-3-11-28-24(8-1)25-15-13-23(33-36-27-10-2-4-12-32(27)39-33)21-30(25)38(28)31-20-22(26-9-5-6-17-34-26)14-16-29(31)37-19-7-18-35-37/h1-21H. The Kier molecular flexibility index (Phi) is 4.93. The van der Waals surface area contributed by atoms with E-state index in [-0.39, 0.29) is 0 Å². The van der Waals surface area contributed by atoms with Gasteiger partial charge in [0, 0.05) is 40.5 Å². The number of para-hydroxylation sites is 2. The fraction of sp³-hybridized carbons (Fsp3) is 0. The van der Waals surface area contributed by atoms with Crippen molar-refractivity contribution in [1.82, 2.24) is 24.3 Å². The van der Waals surface area contributed by atoms with Gasteiger partial charge in [-0.25, -0.2) is 9.67 Å². The molecule has 0 bridgehead atoms. The van der Waals surface area contributed by atoms with E-state index in [1.54, 1.807) is 11.3 Å². The van der Waals surface area contributed by atoms with Gasteiger partial charge in [0.2, 0.25) is 0 Å². The van der Waals surface area contributed by atoms with E-state index in [9.17, 15) is 0 Å². The number of nitrogens with zero attached hydrogens (tertiary/aromatic N) is 5. The molecule has 4 heterocycles. The van der Waals surface area contributed by atoms with Gasteiger partial charge in [-0.3, -0.25) is 4.98 Å². The second-order valence-corrected chi connectivity index (χ2v) is 10.5. The highest BCUT2D eigenvalue weighted by atomic mass is 32.1. The van der Waals surface area contributed by atoms with Crippen molar-refractivity contribution < 1.29 is 0 Å². The Hall–Kier alpha value is -5.07. The Morgan fingerprint density at radius 3 is 2.33 bits per heavy atom. The molecular weight excluding hydrogens is 498 g/mol. The molecule has 4 aromatic heterocycles. The van der Waals surface area contributed by atoms with Crippen LogP contribution in [-0.4, -0.2) is 24.3 Å². The summed E-state index contributed by atoms with van der Waals surface area (Å²) in [5.74, 6) is 0. The number of hydrogen-bond donors (Lipinski definition) is 0. The molecule has 0 unspecified atom stereocenters. The van der Waals surface area contributed by atoms with Gasteiger partial charge in [0.25, 0.3) is 0 Å². The van der Waals surface area contributed by atoms with Gasteiger partial charge in [0.1, 0.15) is 5.01 Å². The summed E-state index contributed by atoms with van der Waals surface area (Å²) in [6.07, 6.45) is 5.63. The largest absolute Gasteiger partial charge is 0.307 e. The predicted octanol–water partition coefficient (Wildman–Crippen LogP) is 8.31. The summed E-state index contributed by atoms with van der Waals surface area (Å²) in [5.41, 5.74) is 8.41. The molecule has 0 atom stereocenters. The minimum atomic E-state index is 0.932. The lowest BCUT2D eigenvalue weighted by atomic mass is 10.1. The van der Waals surface area contributed by atoms with Crippen LogP contribution in [-0.2, 0) is 0 Å². The molecule has 0 aliphatic heterocycles. The van der Waals surface area contributed by atoms with Crippen LogP contribution in [0.2, 0.25) is 0 Å². The molecule has 0 spiro atoms. The van der Waals surface area contributed by atoms with E-state index in [1.807, 2.05) is 53.6 Å². The highest BCUT2D eigenvalue weighted by Gasteiger charge is 2.18. The van der Waals surface area contributed by atoms with Crippen LogP contribution in [0, 0.1) is 0 Å². The fourth-order valence-corrected chi connectivity index (χ4v) is 6.32. The van der Waals surface area contributed by atoms with Crippen LogP contribution < -0.4 is 0 Å². The van der Waals surface area contributed by atoms with Crippen molar-refractivity contribution in [1.29, 1.82) is 0 Å². The molecule has 5 nitrogen and oxygen atoms in total. The third-order valence-electron chi connectivity index (χ3n) is 7.14. The zero-order valence-corrected chi connectivity index (χ0v) is 21.6. The van der Waals surface area contributed by atoms with Gasteiger partial charge in [-0.15, -0.1) is 11.3 Å². The van der Waals surface area contributed by atoms with E-state index in [4.69, 9.17) is 4.98 Å². The molecule has 6 heteroatoms. The molecule has 39 heavy (non-hydrogen) atoms. The summed E-state index contributed by atoms with van der Waals surface area (Å²) in [7, 11) is 0. The van der Waals surface area contributed by atoms with Gasteiger partial charge in [0.15, 0.2) is 0 Å². The van der Waals surface area contributed by atoms with Crippen molar-refractivity contribution in [3.63, 3.8) is 0 Å². The smallest absolute Gasteiger partial charge is 0.124 e. The number of pyridine rings is 1. The number of benzene rings is 4. The van der Waals surface area contributed by atoms with Crippen molar-refractivity contribution in [3.05, 3.63) is 128 Å². The van der Waals surface area contributed by atoms with Crippen molar-refractivity contribution in [3.8, 4) is 33.2 Å². The number of hydrogen-bond acceptors (Lipinski definition) is 4. The average molecular weight is 520 g/mol. The third-order valence-corrected chi connectivity index (χ3v) is 8.23. The highest BCUT2D eigenvalue weighted by Crippen LogP contribution is 2.38. The lowest BCUT2D eigenvalue weighted by molar-refractivity contribution is 0.870. The maximum atomic E-state index is 4.94. The van der Waals surface area contributed by atoms with Crippen LogP contribution in [0.15, 0.2) is 128 Å². The number of aromatic nitrogens is 5. The van der Waals surface area contributed by atoms with E-state index >= 15 is 0 Å². The molecule has 0 amide bonds. The molecule has 0 fully saturated rings. The first-order valence-electron chi connectivity index (χ1n) is 12.8. The molecule has 0 saturated heterocycles. The summed E-state index contributed by atoms with van der Waals surface area (Å²) in [6.45, 7) is 0. The quantitative estimate of drug-likeness (QED) is 0.235. The minimum absolute atomic E-state index is 0.932. The maximum Gasteiger partial charge on any atom is 0.124 e. The summed E-state index contributed by atoms with van der Waals surface area (Å²) in [4.78, 5) is 9.57. The lowest BCUT2D eigenvalue weighted by Gasteiger charge is -2.16.